The van der Waals surface area contributed by atoms with E-state index >= 15 is 0 Å². The van der Waals surface area contributed by atoms with Crippen LogP contribution in [0.3, 0.4) is 0 Å². The van der Waals surface area contributed by atoms with Gasteiger partial charge in [-0.05, 0) is 41.3 Å². The molecule has 0 saturated carbocycles. The molecule has 6 nitrogen and oxygen atoms in total. The molecule has 0 atom stereocenters. The van der Waals surface area contributed by atoms with Gasteiger partial charge in [-0.2, -0.15) is 9.97 Å². The minimum absolute atomic E-state index is 0.542. The Hall–Kier alpha value is -7.83. The Morgan fingerprint density at radius 1 is 0.404 bits per heavy atom. The third-order valence-corrected chi connectivity index (χ3v) is 9.04. The van der Waals surface area contributed by atoms with Gasteiger partial charge in [0.15, 0.2) is 11.6 Å². The van der Waals surface area contributed by atoms with Crippen LogP contribution in [-0.2, 0) is 0 Å². The van der Waals surface area contributed by atoms with Crippen molar-refractivity contribution < 1.29 is 46.9 Å². The zero-order chi connectivity index (χ0) is 64.4. The molecule has 0 bridgehead atoms. The van der Waals surface area contributed by atoms with Crippen molar-refractivity contribution in [3.05, 3.63) is 187 Å². The highest BCUT2D eigenvalue weighted by molar-refractivity contribution is 6.24. The van der Waals surface area contributed by atoms with Crippen LogP contribution in [0.2, 0.25) is 0 Å². The largest absolute Gasteiger partial charge is 0.456 e. The molecule has 12 aromatic rings. The van der Waals surface area contributed by atoms with Gasteiger partial charge in [0, 0.05) is 49.5 Å². The lowest BCUT2D eigenvalue weighted by Crippen LogP contribution is -2.07. The molecule has 0 aliphatic heterocycles. The number of benzene rings is 8. The van der Waals surface area contributed by atoms with Gasteiger partial charge in [0.1, 0.15) is 11.2 Å². The Morgan fingerprint density at radius 3 is 1.56 bits per heavy atom. The third-order valence-electron chi connectivity index (χ3n) is 9.04. The van der Waals surface area contributed by atoms with Gasteiger partial charge < -0.3 is 8.98 Å². The van der Waals surface area contributed by atoms with Crippen molar-refractivity contribution in [1.29, 1.82) is 0 Å². The number of hydrogen-bond donors (Lipinski definition) is 0. The molecule has 266 valence electrons. The van der Waals surface area contributed by atoms with Crippen LogP contribution in [0, 0.1) is 0 Å². The van der Waals surface area contributed by atoms with Gasteiger partial charge >= 0.3 is 0 Å². The fraction of sp³-hybridized carbons (Fsp3) is 0. The summed E-state index contributed by atoms with van der Waals surface area (Å²) in [6, 6.07) is -29.2. The standard InChI is InChI=1S/C51H31N5O/c1-4-15-32(16-5-1)36-23-14-26-44-46(36)41-28-27-35(31-45(41)57-44)55-42-24-12-10-21-37(42)39-29-30-40-38-22-11-13-25-43(38)56(48(40)47(39)55)51-53-49(33-17-6-2-7-18-33)52-50(54-51)34-19-8-3-9-20-34/h1-31H/i1D,2D,3D,4D,5D,6D,7D,8D,9D,10D,11D,12D,13D,14D,15D,16D,17D,18D,19D,20D,21D,22D,23D,24D,25D,26D,27D,28D,29D,30D,31D. The van der Waals surface area contributed by atoms with Gasteiger partial charge in [0.25, 0.3) is 0 Å². The van der Waals surface area contributed by atoms with E-state index in [4.69, 9.17) is 34.6 Å². The monoisotopic (exact) mass is 760 g/mol. The molecule has 4 aromatic heterocycles. The van der Waals surface area contributed by atoms with E-state index in [-0.39, 0.29) is 0 Å². The lowest BCUT2D eigenvalue weighted by Gasteiger charge is -2.13. The maximum absolute atomic E-state index is 10.1. The first kappa shape index (κ1) is 13.7. The number of para-hydroxylation sites is 2. The molecule has 0 aliphatic carbocycles. The first-order valence-corrected chi connectivity index (χ1v) is 16.6. The Labute approximate surface area is 370 Å². The lowest BCUT2D eigenvalue weighted by atomic mass is 9.99. The molecule has 57 heavy (non-hydrogen) atoms. The van der Waals surface area contributed by atoms with Crippen molar-refractivity contribution in [3.8, 4) is 45.5 Å². The number of aromatic nitrogens is 5. The average Bonchev–Trinajstić information content (AvgIpc) is 1.52. The summed E-state index contributed by atoms with van der Waals surface area (Å²) in [7, 11) is 0. The molecule has 6 heteroatoms. The minimum atomic E-state index is -1.08. The van der Waals surface area contributed by atoms with Crippen LogP contribution in [0.5, 0.6) is 0 Å². The van der Waals surface area contributed by atoms with Crippen molar-refractivity contribution in [1.82, 2.24) is 24.1 Å². The number of nitrogens with zero attached hydrogens (tertiary/aromatic N) is 5. The van der Waals surface area contributed by atoms with Gasteiger partial charge in [-0.1, -0.05) is 151 Å². The molecule has 4 heterocycles. The Bertz CT molecular complexity index is 5190. The van der Waals surface area contributed by atoms with Crippen LogP contribution < -0.4 is 0 Å². The molecule has 0 fully saturated rings. The van der Waals surface area contributed by atoms with Crippen LogP contribution in [0.15, 0.2) is 192 Å². The van der Waals surface area contributed by atoms with Gasteiger partial charge in [-0.3, -0.25) is 4.57 Å². The molecular weight excluding hydrogens is 699 g/mol. The zero-order valence-corrected chi connectivity index (χ0v) is 28.1. The topological polar surface area (TPSA) is 61.7 Å². The Morgan fingerprint density at radius 2 is 0.930 bits per heavy atom. The molecule has 0 aliphatic rings. The van der Waals surface area contributed by atoms with Crippen molar-refractivity contribution in [2.45, 2.75) is 0 Å². The molecule has 0 amide bonds. The predicted molar refractivity (Wildman–Crippen MR) is 232 cm³/mol. The van der Waals surface area contributed by atoms with E-state index in [0.717, 1.165) is 9.13 Å². The normalized spacial score (nSPS) is 19.5. The summed E-state index contributed by atoms with van der Waals surface area (Å²) >= 11 is 0. The number of fused-ring (bicyclic) bond motifs is 10. The molecule has 0 spiro atoms. The van der Waals surface area contributed by atoms with Crippen molar-refractivity contribution in [2.75, 3.05) is 0 Å². The SMILES string of the molecule is [2H]c1c([2H])c([2H])c(-c2nc(-c3c([2H])c([2H])c([2H])c([2H])c3[2H])nc(-n3c4c([2H])c([2H])c([2H])c([2H])c4c4c([2H])c([2H])c5c6c([2H])c([2H])c([2H])c([2H])c6n(-c6c([2H])c([2H])c7c(oc8c([2H])c([2H])c([2H])c(-c9c([2H])c([2H])c([2H])c([2H])c9[2H])c87)c6[2H])c5c43)n2)c([2H])c1[2H]. The summed E-state index contributed by atoms with van der Waals surface area (Å²) in [5.41, 5.74) is -8.13. The maximum atomic E-state index is 10.1. The summed E-state index contributed by atoms with van der Waals surface area (Å²) in [6.07, 6.45) is 0. The minimum Gasteiger partial charge on any atom is -0.456 e. The van der Waals surface area contributed by atoms with E-state index in [9.17, 15) is 12.3 Å². The van der Waals surface area contributed by atoms with Gasteiger partial charge in [-0.15, -0.1) is 0 Å². The van der Waals surface area contributed by atoms with E-state index in [1.165, 1.54) is 0 Å². The third kappa shape index (κ3) is 4.81. The first-order valence-electron chi connectivity index (χ1n) is 32.1. The number of rotatable bonds is 5. The van der Waals surface area contributed by atoms with Gasteiger partial charge in [0.2, 0.25) is 5.95 Å². The number of furan rings is 1. The summed E-state index contributed by atoms with van der Waals surface area (Å²) in [6.45, 7) is 0. The highest BCUT2D eigenvalue weighted by Crippen LogP contribution is 2.43. The van der Waals surface area contributed by atoms with Crippen LogP contribution in [0.1, 0.15) is 42.5 Å². The smallest absolute Gasteiger partial charge is 0.238 e. The highest BCUT2D eigenvalue weighted by Gasteiger charge is 2.24. The van der Waals surface area contributed by atoms with Gasteiger partial charge in [-0.25, -0.2) is 4.98 Å². The Balaban J connectivity index is 1.38. The second-order valence-corrected chi connectivity index (χ2v) is 12.1. The molecule has 0 N–H and O–H groups in total. The second kappa shape index (κ2) is 12.3. The van der Waals surface area contributed by atoms with Crippen molar-refractivity contribution in [3.63, 3.8) is 0 Å². The second-order valence-electron chi connectivity index (χ2n) is 12.1. The molecular formula is C51H31N5O. The lowest BCUT2D eigenvalue weighted by molar-refractivity contribution is 0.668. The molecule has 0 radical (unpaired) electrons. The fourth-order valence-corrected chi connectivity index (χ4v) is 6.76. The molecule has 0 unspecified atom stereocenters. The van der Waals surface area contributed by atoms with Crippen molar-refractivity contribution >= 4 is 65.6 Å². The quantitative estimate of drug-likeness (QED) is 0.175. The summed E-state index contributed by atoms with van der Waals surface area (Å²) in [5.74, 6) is -2.78. The van der Waals surface area contributed by atoms with Crippen LogP contribution in [0.4, 0.5) is 0 Å². The Kier molecular flexibility index (Phi) is 2.97. The van der Waals surface area contributed by atoms with E-state index in [2.05, 4.69) is 15.0 Å². The van der Waals surface area contributed by atoms with Crippen LogP contribution in [0.25, 0.3) is 111 Å². The maximum Gasteiger partial charge on any atom is 0.238 e. The van der Waals surface area contributed by atoms with Crippen LogP contribution in [-0.4, -0.2) is 24.1 Å². The summed E-state index contributed by atoms with van der Waals surface area (Å²) in [5, 5.41) is -3.69. The fourth-order valence-electron chi connectivity index (χ4n) is 6.76. The molecule has 0 saturated heterocycles. The number of hydrogen-bond acceptors (Lipinski definition) is 4. The van der Waals surface area contributed by atoms with E-state index in [0.29, 0.717) is 0 Å². The first-order chi connectivity index (χ1) is 41.2. The highest BCUT2D eigenvalue weighted by atomic mass is 16.3. The zero-order valence-electron chi connectivity index (χ0n) is 59.1. The van der Waals surface area contributed by atoms with Crippen LogP contribution >= 0.6 is 0 Å². The predicted octanol–water partition coefficient (Wildman–Crippen LogP) is 13.0. The average molecular weight is 761 g/mol. The van der Waals surface area contributed by atoms with E-state index < -0.39 is 298 Å². The summed E-state index contributed by atoms with van der Waals surface area (Å²) < 4.78 is 287. The summed E-state index contributed by atoms with van der Waals surface area (Å²) in [4.78, 5) is 13.3. The molecule has 12 rings (SSSR count). The van der Waals surface area contributed by atoms with Gasteiger partial charge in [0.05, 0.1) is 70.2 Å². The van der Waals surface area contributed by atoms with E-state index in [1.54, 1.807) is 0 Å². The molecule has 8 aromatic carbocycles. The van der Waals surface area contributed by atoms with Crippen molar-refractivity contribution in [2.24, 2.45) is 0 Å². The van der Waals surface area contributed by atoms with E-state index in [1.807, 2.05) is 0 Å².